The van der Waals surface area contributed by atoms with Crippen molar-refractivity contribution in [3.63, 3.8) is 0 Å². The van der Waals surface area contributed by atoms with Crippen LogP contribution >= 0.6 is 38.5 Å². The van der Waals surface area contributed by atoms with Crippen LogP contribution in [0.4, 0.5) is 13.2 Å². The number of H-pyrrole nitrogens is 1. The van der Waals surface area contributed by atoms with Gasteiger partial charge in [-0.05, 0) is 38.5 Å². The van der Waals surface area contributed by atoms with E-state index >= 15 is 0 Å². The first-order chi connectivity index (χ1) is 5.40. The van der Waals surface area contributed by atoms with E-state index < -0.39 is 12.6 Å². The lowest BCUT2D eigenvalue weighted by Gasteiger charge is -2.04. The van der Waals surface area contributed by atoms with Gasteiger partial charge in [0.1, 0.15) is 8.30 Å². The highest BCUT2D eigenvalue weighted by atomic mass is 127. The Kier molecular flexibility index (Phi) is 3.02. The van der Waals surface area contributed by atoms with Crippen molar-refractivity contribution in [2.24, 2.45) is 0 Å². The lowest BCUT2D eigenvalue weighted by molar-refractivity contribution is -0.127. The number of halogens is 5. The zero-order chi connectivity index (χ0) is 9.35. The van der Waals surface area contributed by atoms with Crippen LogP contribution in [0.2, 0.25) is 0 Å². The van der Waals surface area contributed by atoms with Crippen LogP contribution in [0.1, 0.15) is 5.56 Å². The zero-order valence-corrected chi connectivity index (χ0v) is 9.29. The molecule has 1 rings (SSSR count). The second kappa shape index (κ2) is 3.52. The summed E-state index contributed by atoms with van der Waals surface area (Å²) in [6.45, 7) is 0. The molecule has 1 aromatic heterocycles. The van der Waals surface area contributed by atoms with Gasteiger partial charge in [-0.1, -0.05) is 0 Å². The standard InChI is InChI=1S/C5H3BrF3IN2/c6-3-2(1-5(7,8)9)4(10)12-11-3/h1H2,(H,11,12). The van der Waals surface area contributed by atoms with Crippen LogP contribution in [-0.4, -0.2) is 16.4 Å². The van der Waals surface area contributed by atoms with E-state index in [0.29, 0.717) is 3.70 Å². The number of alkyl halides is 3. The normalized spacial score (nSPS) is 12.1. The van der Waals surface area contributed by atoms with E-state index in [4.69, 9.17) is 0 Å². The molecule has 1 heterocycles. The number of hydrogen-bond donors (Lipinski definition) is 1. The van der Waals surface area contributed by atoms with Crippen molar-refractivity contribution in [1.82, 2.24) is 10.2 Å². The Morgan fingerprint density at radius 3 is 2.42 bits per heavy atom. The van der Waals surface area contributed by atoms with Gasteiger partial charge in [0.15, 0.2) is 0 Å². The monoisotopic (exact) mass is 354 g/mol. The Hall–Kier alpha value is 0.210. The summed E-state index contributed by atoms with van der Waals surface area (Å²) in [6, 6.07) is 0. The van der Waals surface area contributed by atoms with Crippen LogP contribution in [0.5, 0.6) is 0 Å². The van der Waals surface area contributed by atoms with Crippen molar-refractivity contribution in [1.29, 1.82) is 0 Å². The van der Waals surface area contributed by atoms with Crippen molar-refractivity contribution in [3.05, 3.63) is 13.9 Å². The summed E-state index contributed by atoms with van der Waals surface area (Å²) in [5.41, 5.74) is 0.156. The fraction of sp³-hybridized carbons (Fsp3) is 0.400. The van der Waals surface area contributed by atoms with Gasteiger partial charge in [-0.2, -0.15) is 18.3 Å². The smallest absolute Gasteiger partial charge is 0.271 e. The molecule has 0 saturated heterocycles. The topological polar surface area (TPSA) is 28.7 Å². The number of aromatic nitrogens is 2. The number of rotatable bonds is 1. The van der Waals surface area contributed by atoms with Crippen LogP contribution in [0.15, 0.2) is 4.60 Å². The van der Waals surface area contributed by atoms with Gasteiger partial charge in [0.2, 0.25) is 0 Å². The third-order valence-electron chi connectivity index (χ3n) is 1.14. The van der Waals surface area contributed by atoms with Gasteiger partial charge in [0.25, 0.3) is 0 Å². The third-order valence-corrected chi connectivity index (χ3v) is 2.69. The van der Waals surface area contributed by atoms with Crippen LogP contribution < -0.4 is 0 Å². The largest absolute Gasteiger partial charge is 0.393 e. The molecule has 1 aromatic rings. The summed E-state index contributed by atoms with van der Waals surface area (Å²) in [5, 5.41) is 6.03. The lowest BCUT2D eigenvalue weighted by Crippen LogP contribution is -2.12. The molecule has 0 spiro atoms. The molecule has 0 aliphatic heterocycles. The van der Waals surface area contributed by atoms with Crippen molar-refractivity contribution in [3.8, 4) is 0 Å². The highest BCUT2D eigenvalue weighted by Gasteiger charge is 2.30. The van der Waals surface area contributed by atoms with E-state index in [-0.39, 0.29) is 10.2 Å². The third kappa shape index (κ3) is 2.61. The predicted octanol–water partition coefficient (Wildman–Crippen LogP) is 2.88. The maximum absolute atomic E-state index is 11.9. The van der Waals surface area contributed by atoms with Gasteiger partial charge in [-0.15, -0.1) is 0 Å². The molecule has 1 N–H and O–H groups in total. The fourth-order valence-electron chi connectivity index (χ4n) is 0.675. The van der Waals surface area contributed by atoms with Gasteiger partial charge >= 0.3 is 6.18 Å². The number of nitrogens with one attached hydrogen (secondary N) is 1. The Bertz CT molecular complexity index is 263. The molecular weight excluding hydrogens is 352 g/mol. The second-order valence-electron chi connectivity index (χ2n) is 2.10. The molecule has 12 heavy (non-hydrogen) atoms. The van der Waals surface area contributed by atoms with Crippen molar-refractivity contribution < 1.29 is 13.2 Å². The summed E-state index contributed by atoms with van der Waals surface area (Å²) < 4.78 is 36.4. The molecule has 7 heteroatoms. The first-order valence-electron chi connectivity index (χ1n) is 2.85. The Balaban J connectivity index is 2.88. The molecule has 0 unspecified atom stereocenters. The molecule has 0 atom stereocenters. The summed E-state index contributed by atoms with van der Waals surface area (Å²) in [7, 11) is 0. The average molecular weight is 355 g/mol. The maximum Gasteiger partial charge on any atom is 0.393 e. The first kappa shape index (κ1) is 10.3. The Labute approximate surface area is 88.2 Å². The zero-order valence-electron chi connectivity index (χ0n) is 5.54. The SMILES string of the molecule is FC(F)(F)Cc1c(Br)n[nH]c1I. The molecule has 0 amide bonds. The lowest BCUT2D eigenvalue weighted by atomic mass is 10.2. The molecular formula is C5H3BrF3IN2. The molecule has 0 bridgehead atoms. The number of hydrogen-bond acceptors (Lipinski definition) is 1. The summed E-state index contributed by atoms with van der Waals surface area (Å²) >= 11 is 4.70. The predicted molar refractivity (Wildman–Crippen MR) is 48.8 cm³/mol. The average Bonchev–Trinajstić information content (AvgIpc) is 2.16. The molecule has 0 aliphatic carbocycles. The maximum atomic E-state index is 11.9. The molecule has 2 nitrogen and oxygen atoms in total. The fourth-order valence-corrected chi connectivity index (χ4v) is 2.04. The molecule has 0 aromatic carbocycles. The van der Waals surface area contributed by atoms with E-state index in [1.54, 1.807) is 22.6 Å². The minimum Gasteiger partial charge on any atom is -0.271 e. The molecule has 0 radical (unpaired) electrons. The van der Waals surface area contributed by atoms with Gasteiger partial charge in [-0.25, -0.2) is 0 Å². The van der Waals surface area contributed by atoms with Crippen molar-refractivity contribution in [2.45, 2.75) is 12.6 Å². The molecule has 0 aliphatic rings. The quantitative estimate of drug-likeness (QED) is 0.772. The minimum atomic E-state index is -4.19. The van der Waals surface area contributed by atoms with Crippen LogP contribution in [0.25, 0.3) is 0 Å². The van der Waals surface area contributed by atoms with E-state index in [0.717, 1.165) is 0 Å². The Morgan fingerprint density at radius 2 is 2.08 bits per heavy atom. The highest BCUT2D eigenvalue weighted by molar-refractivity contribution is 14.1. The Morgan fingerprint density at radius 1 is 1.50 bits per heavy atom. The first-order valence-corrected chi connectivity index (χ1v) is 4.72. The van der Waals surface area contributed by atoms with E-state index in [2.05, 4.69) is 26.1 Å². The number of nitrogens with zero attached hydrogens (tertiary/aromatic N) is 1. The van der Waals surface area contributed by atoms with Gasteiger partial charge < -0.3 is 0 Å². The number of aromatic amines is 1. The second-order valence-corrected chi connectivity index (χ2v) is 3.93. The van der Waals surface area contributed by atoms with Gasteiger partial charge in [0.05, 0.1) is 6.42 Å². The van der Waals surface area contributed by atoms with Gasteiger partial charge in [0, 0.05) is 5.56 Å². The molecule has 0 saturated carbocycles. The summed E-state index contributed by atoms with van der Waals surface area (Å²) in [4.78, 5) is 0. The van der Waals surface area contributed by atoms with Crippen molar-refractivity contribution in [2.75, 3.05) is 0 Å². The van der Waals surface area contributed by atoms with E-state index in [1.165, 1.54) is 0 Å². The van der Waals surface area contributed by atoms with E-state index in [1.807, 2.05) is 0 Å². The highest BCUT2D eigenvalue weighted by Crippen LogP contribution is 2.27. The van der Waals surface area contributed by atoms with Crippen LogP contribution in [-0.2, 0) is 6.42 Å². The summed E-state index contributed by atoms with van der Waals surface area (Å²) in [6.07, 6.45) is -5.14. The van der Waals surface area contributed by atoms with E-state index in [9.17, 15) is 13.2 Å². The van der Waals surface area contributed by atoms with Crippen LogP contribution in [0, 0.1) is 3.70 Å². The van der Waals surface area contributed by atoms with Gasteiger partial charge in [-0.3, -0.25) is 5.10 Å². The molecule has 0 fully saturated rings. The van der Waals surface area contributed by atoms with Crippen molar-refractivity contribution >= 4 is 38.5 Å². The summed E-state index contributed by atoms with van der Waals surface area (Å²) in [5.74, 6) is 0. The molecule has 68 valence electrons. The minimum absolute atomic E-state index is 0.156. The van der Waals surface area contributed by atoms with Crippen LogP contribution in [0.3, 0.4) is 0 Å².